The zero-order valence-corrected chi connectivity index (χ0v) is 16.8. The summed E-state index contributed by atoms with van der Waals surface area (Å²) in [6.45, 7) is 5.10. The molecular weight excluding hydrogens is 370 g/mol. The van der Waals surface area contributed by atoms with Crippen molar-refractivity contribution in [3.05, 3.63) is 76.9 Å². The van der Waals surface area contributed by atoms with Crippen LogP contribution in [0.5, 0.6) is 0 Å². The molecule has 0 fully saturated rings. The maximum atomic E-state index is 12.3. The molecule has 2 aromatic heterocycles. The number of nitrogens with zero attached hydrogens (tertiary/aromatic N) is 2. The molecule has 3 N–H and O–H groups in total. The highest BCUT2D eigenvalue weighted by molar-refractivity contribution is 5.94. The molecule has 8 nitrogen and oxygen atoms in total. The first-order valence-electron chi connectivity index (χ1n) is 9.32. The van der Waals surface area contributed by atoms with E-state index in [1.54, 1.807) is 25.4 Å². The summed E-state index contributed by atoms with van der Waals surface area (Å²) in [7, 11) is 1.69. The highest BCUT2D eigenvalue weighted by Gasteiger charge is 2.09. The molecule has 3 rings (SSSR count). The molecule has 152 valence electrons. The van der Waals surface area contributed by atoms with E-state index < -0.39 is 0 Å². The molecule has 0 unspecified atom stereocenters. The number of benzene rings is 1. The molecule has 0 aliphatic carbocycles. The van der Waals surface area contributed by atoms with E-state index in [2.05, 4.69) is 25.9 Å². The third kappa shape index (κ3) is 5.71. The second kappa shape index (κ2) is 9.59. The number of hydrogen-bond donors (Lipinski definition) is 3. The SMILES string of the molecule is CN=C(NCc1cccc(C(=O)NCc2ccco2)c1)NCc1nc(C)c(C)o1. The lowest BCUT2D eigenvalue weighted by Crippen LogP contribution is -2.36. The molecule has 1 aromatic carbocycles. The zero-order chi connectivity index (χ0) is 20.6. The predicted molar refractivity (Wildman–Crippen MR) is 109 cm³/mol. The molecule has 0 atom stereocenters. The van der Waals surface area contributed by atoms with E-state index in [9.17, 15) is 4.79 Å². The lowest BCUT2D eigenvalue weighted by Gasteiger charge is -2.11. The van der Waals surface area contributed by atoms with Crippen molar-refractivity contribution in [3.63, 3.8) is 0 Å². The molecule has 0 aliphatic heterocycles. The zero-order valence-electron chi connectivity index (χ0n) is 16.8. The van der Waals surface area contributed by atoms with Gasteiger partial charge in [-0.05, 0) is 43.7 Å². The van der Waals surface area contributed by atoms with Gasteiger partial charge in [0, 0.05) is 19.2 Å². The van der Waals surface area contributed by atoms with E-state index >= 15 is 0 Å². The van der Waals surface area contributed by atoms with Crippen LogP contribution >= 0.6 is 0 Å². The van der Waals surface area contributed by atoms with Crippen LogP contribution < -0.4 is 16.0 Å². The lowest BCUT2D eigenvalue weighted by atomic mass is 10.1. The van der Waals surface area contributed by atoms with Crippen LogP contribution in [0, 0.1) is 13.8 Å². The van der Waals surface area contributed by atoms with E-state index in [1.165, 1.54) is 0 Å². The van der Waals surface area contributed by atoms with Gasteiger partial charge in [-0.1, -0.05) is 12.1 Å². The minimum absolute atomic E-state index is 0.152. The summed E-state index contributed by atoms with van der Waals surface area (Å²) in [5, 5.41) is 9.23. The summed E-state index contributed by atoms with van der Waals surface area (Å²) in [6.07, 6.45) is 1.58. The number of aromatic nitrogens is 1. The van der Waals surface area contributed by atoms with E-state index in [4.69, 9.17) is 8.83 Å². The standard InChI is InChI=1S/C21H25N5O3/c1-14-15(2)29-19(26-14)13-25-21(22-3)24-11-16-6-4-7-17(10-16)20(27)23-12-18-8-5-9-28-18/h4-10H,11-13H2,1-3H3,(H,23,27)(H2,22,24,25). The van der Waals surface area contributed by atoms with Crippen LogP contribution in [0.15, 0.2) is 56.5 Å². The van der Waals surface area contributed by atoms with Crippen LogP contribution in [0.3, 0.4) is 0 Å². The fraction of sp³-hybridized carbons (Fsp3) is 0.286. The third-order valence-corrected chi connectivity index (χ3v) is 4.36. The highest BCUT2D eigenvalue weighted by atomic mass is 16.4. The average Bonchev–Trinajstić information content (AvgIpc) is 3.36. The Kier molecular flexibility index (Phi) is 6.67. The van der Waals surface area contributed by atoms with Crippen molar-refractivity contribution in [1.29, 1.82) is 0 Å². The van der Waals surface area contributed by atoms with Crippen LogP contribution in [0.2, 0.25) is 0 Å². The Balaban J connectivity index is 1.51. The number of guanidine groups is 1. The molecular formula is C21H25N5O3. The Morgan fingerprint density at radius 3 is 2.59 bits per heavy atom. The molecule has 0 spiro atoms. The average molecular weight is 395 g/mol. The summed E-state index contributed by atoms with van der Waals surface area (Å²) < 4.78 is 10.8. The topological polar surface area (TPSA) is 105 Å². The first kappa shape index (κ1) is 20.2. The first-order valence-corrected chi connectivity index (χ1v) is 9.32. The molecule has 0 saturated carbocycles. The van der Waals surface area contributed by atoms with Gasteiger partial charge in [0.15, 0.2) is 5.96 Å². The van der Waals surface area contributed by atoms with Gasteiger partial charge < -0.3 is 24.8 Å². The van der Waals surface area contributed by atoms with Gasteiger partial charge >= 0.3 is 0 Å². The van der Waals surface area contributed by atoms with Gasteiger partial charge in [-0.3, -0.25) is 9.79 Å². The molecule has 0 radical (unpaired) electrons. The number of furan rings is 1. The second-order valence-electron chi connectivity index (χ2n) is 6.49. The van der Waals surface area contributed by atoms with E-state index in [1.807, 2.05) is 38.1 Å². The maximum absolute atomic E-state index is 12.3. The van der Waals surface area contributed by atoms with Gasteiger partial charge in [-0.2, -0.15) is 0 Å². The third-order valence-electron chi connectivity index (χ3n) is 4.36. The number of oxazole rings is 1. The van der Waals surface area contributed by atoms with Crippen molar-refractivity contribution in [3.8, 4) is 0 Å². The molecule has 0 saturated heterocycles. The number of carbonyl (C=O) groups is 1. The molecule has 29 heavy (non-hydrogen) atoms. The minimum Gasteiger partial charge on any atom is -0.467 e. The van der Waals surface area contributed by atoms with E-state index in [0.717, 1.165) is 17.0 Å². The van der Waals surface area contributed by atoms with Crippen LogP contribution in [0.25, 0.3) is 0 Å². The quantitative estimate of drug-likeness (QED) is 0.420. The highest BCUT2D eigenvalue weighted by Crippen LogP contribution is 2.08. The number of hydrogen-bond acceptors (Lipinski definition) is 5. The second-order valence-corrected chi connectivity index (χ2v) is 6.49. The van der Waals surface area contributed by atoms with Gasteiger partial charge in [0.2, 0.25) is 5.89 Å². The Labute approximate surface area is 169 Å². The van der Waals surface area contributed by atoms with Crippen LogP contribution in [0.4, 0.5) is 0 Å². The van der Waals surface area contributed by atoms with Gasteiger partial charge in [0.1, 0.15) is 11.5 Å². The summed E-state index contributed by atoms with van der Waals surface area (Å²) in [6, 6.07) is 11.0. The normalized spacial score (nSPS) is 11.3. The fourth-order valence-corrected chi connectivity index (χ4v) is 2.69. The van der Waals surface area contributed by atoms with Crippen LogP contribution in [-0.2, 0) is 19.6 Å². The Hall–Kier alpha value is -3.55. The summed E-state index contributed by atoms with van der Waals surface area (Å²) in [5.74, 6) is 2.60. The van der Waals surface area contributed by atoms with Crippen molar-refractivity contribution in [2.24, 2.45) is 4.99 Å². The molecule has 2 heterocycles. The smallest absolute Gasteiger partial charge is 0.251 e. The first-order chi connectivity index (χ1) is 14.0. The largest absolute Gasteiger partial charge is 0.467 e. The summed E-state index contributed by atoms with van der Waals surface area (Å²) >= 11 is 0. The van der Waals surface area contributed by atoms with Gasteiger partial charge in [0.05, 0.1) is 25.0 Å². The van der Waals surface area contributed by atoms with Crippen LogP contribution in [0.1, 0.15) is 39.0 Å². The number of nitrogens with one attached hydrogen (secondary N) is 3. The number of amides is 1. The van der Waals surface area contributed by atoms with E-state index in [-0.39, 0.29) is 5.91 Å². The number of aryl methyl sites for hydroxylation is 2. The van der Waals surface area contributed by atoms with Gasteiger partial charge in [-0.15, -0.1) is 0 Å². The van der Waals surface area contributed by atoms with Gasteiger partial charge in [0.25, 0.3) is 5.91 Å². The maximum Gasteiger partial charge on any atom is 0.251 e. The molecule has 0 aliphatic rings. The van der Waals surface area contributed by atoms with Crippen LogP contribution in [-0.4, -0.2) is 23.9 Å². The molecule has 8 heteroatoms. The number of aliphatic imine (C=N–C) groups is 1. The van der Waals surface area contributed by atoms with Gasteiger partial charge in [-0.25, -0.2) is 4.98 Å². The number of carbonyl (C=O) groups excluding carboxylic acids is 1. The van der Waals surface area contributed by atoms with Crippen molar-refractivity contribution < 1.29 is 13.6 Å². The van der Waals surface area contributed by atoms with E-state index in [0.29, 0.717) is 42.8 Å². The summed E-state index contributed by atoms with van der Waals surface area (Å²) in [4.78, 5) is 20.9. The summed E-state index contributed by atoms with van der Waals surface area (Å²) in [5.41, 5.74) is 2.43. The fourth-order valence-electron chi connectivity index (χ4n) is 2.69. The van der Waals surface area contributed by atoms with Crippen molar-refractivity contribution in [2.75, 3.05) is 7.05 Å². The number of rotatable bonds is 7. The van der Waals surface area contributed by atoms with Crippen molar-refractivity contribution in [2.45, 2.75) is 33.5 Å². The molecule has 0 bridgehead atoms. The Morgan fingerprint density at radius 1 is 1.07 bits per heavy atom. The minimum atomic E-state index is -0.152. The Morgan fingerprint density at radius 2 is 1.90 bits per heavy atom. The molecule has 3 aromatic rings. The predicted octanol–water partition coefficient (Wildman–Crippen LogP) is 2.68. The lowest BCUT2D eigenvalue weighted by molar-refractivity contribution is 0.0948. The van der Waals surface area contributed by atoms with Crippen molar-refractivity contribution >= 4 is 11.9 Å². The Bertz CT molecular complexity index is 957. The van der Waals surface area contributed by atoms with Crippen molar-refractivity contribution in [1.82, 2.24) is 20.9 Å². The molecule has 1 amide bonds. The monoisotopic (exact) mass is 395 g/mol.